The minimum Gasteiger partial charge on any atom is -0.382 e. The summed E-state index contributed by atoms with van der Waals surface area (Å²) in [5, 5.41) is 16.8. The van der Waals surface area contributed by atoms with Crippen molar-refractivity contribution in [1.29, 1.82) is 0 Å². The Morgan fingerprint density at radius 3 is 2.63 bits per heavy atom. The van der Waals surface area contributed by atoms with Crippen molar-refractivity contribution in [1.82, 2.24) is 9.78 Å². The van der Waals surface area contributed by atoms with Gasteiger partial charge < -0.3 is 5.11 Å². The maximum Gasteiger partial charge on any atom is 0.124 e. The van der Waals surface area contributed by atoms with E-state index in [0.717, 1.165) is 16.1 Å². The van der Waals surface area contributed by atoms with Crippen LogP contribution in [0.25, 0.3) is 5.69 Å². The van der Waals surface area contributed by atoms with E-state index in [1.165, 1.54) is 0 Å². The lowest BCUT2D eigenvalue weighted by Gasteiger charge is -2.07. The molecule has 1 N–H and O–H groups in total. The van der Waals surface area contributed by atoms with E-state index in [0.29, 0.717) is 5.69 Å². The van der Waals surface area contributed by atoms with E-state index in [9.17, 15) is 5.11 Å². The monoisotopic (exact) mass is 270 g/mol. The van der Waals surface area contributed by atoms with Gasteiger partial charge in [-0.25, -0.2) is 4.68 Å². The van der Waals surface area contributed by atoms with Crippen LogP contribution in [0, 0.1) is 6.92 Å². The van der Waals surface area contributed by atoms with E-state index < -0.39 is 6.10 Å². The van der Waals surface area contributed by atoms with Crippen molar-refractivity contribution >= 4 is 11.3 Å². The Bertz CT molecular complexity index is 672. The van der Waals surface area contributed by atoms with Crippen LogP contribution >= 0.6 is 11.3 Å². The molecule has 3 nitrogen and oxygen atoms in total. The zero-order valence-electron chi connectivity index (χ0n) is 10.5. The summed E-state index contributed by atoms with van der Waals surface area (Å²) < 4.78 is 1.78. The van der Waals surface area contributed by atoms with Gasteiger partial charge in [0.25, 0.3) is 0 Å². The molecule has 0 bridgehead atoms. The molecular weight excluding hydrogens is 256 g/mol. The van der Waals surface area contributed by atoms with Gasteiger partial charge >= 0.3 is 0 Å². The van der Waals surface area contributed by atoms with Gasteiger partial charge in [-0.3, -0.25) is 0 Å². The number of hydrogen-bond acceptors (Lipinski definition) is 3. The summed E-state index contributed by atoms with van der Waals surface area (Å²) in [7, 11) is 0. The Morgan fingerprint density at radius 2 is 1.95 bits per heavy atom. The van der Waals surface area contributed by atoms with Gasteiger partial charge in [0.15, 0.2) is 0 Å². The first-order valence-corrected chi connectivity index (χ1v) is 6.97. The van der Waals surface area contributed by atoms with E-state index in [1.54, 1.807) is 16.0 Å². The number of hydrogen-bond donors (Lipinski definition) is 1. The lowest BCUT2D eigenvalue weighted by Crippen LogP contribution is -2.02. The maximum absolute atomic E-state index is 10.4. The Morgan fingerprint density at radius 1 is 1.16 bits per heavy atom. The summed E-state index contributed by atoms with van der Waals surface area (Å²) in [5.41, 5.74) is 2.59. The molecule has 4 heteroatoms. The Kier molecular flexibility index (Phi) is 3.19. The second-order valence-electron chi connectivity index (χ2n) is 4.36. The van der Waals surface area contributed by atoms with Gasteiger partial charge in [0.1, 0.15) is 6.10 Å². The fourth-order valence-electron chi connectivity index (χ4n) is 2.05. The molecule has 0 saturated carbocycles. The molecule has 3 rings (SSSR count). The van der Waals surface area contributed by atoms with E-state index >= 15 is 0 Å². The number of thiophene rings is 1. The molecule has 2 aromatic heterocycles. The third-order valence-corrected chi connectivity index (χ3v) is 3.97. The lowest BCUT2D eigenvalue weighted by atomic mass is 10.1. The number of para-hydroxylation sites is 1. The number of aliphatic hydroxyl groups excluding tert-OH is 1. The number of benzene rings is 1. The van der Waals surface area contributed by atoms with Crippen LogP contribution in [0.1, 0.15) is 22.2 Å². The third-order valence-electron chi connectivity index (χ3n) is 3.10. The highest BCUT2D eigenvalue weighted by Gasteiger charge is 2.16. The fourth-order valence-corrected chi connectivity index (χ4v) is 2.78. The molecular formula is C15H14N2OS. The van der Waals surface area contributed by atoms with E-state index in [4.69, 9.17) is 0 Å². The van der Waals surface area contributed by atoms with Gasteiger partial charge in [-0.1, -0.05) is 18.2 Å². The number of aromatic nitrogens is 2. The van der Waals surface area contributed by atoms with Crippen LogP contribution < -0.4 is 0 Å². The van der Waals surface area contributed by atoms with Crippen molar-refractivity contribution in [2.75, 3.05) is 0 Å². The van der Waals surface area contributed by atoms with Crippen molar-refractivity contribution in [2.24, 2.45) is 0 Å². The van der Waals surface area contributed by atoms with Gasteiger partial charge in [0.2, 0.25) is 0 Å². The first-order valence-electron chi connectivity index (χ1n) is 6.09. The molecule has 0 aliphatic carbocycles. The third kappa shape index (κ3) is 2.32. The van der Waals surface area contributed by atoms with Crippen LogP contribution in [-0.2, 0) is 0 Å². The Balaban J connectivity index is 1.92. The number of rotatable bonds is 3. The highest BCUT2D eigenvalue weighted by Crippen LogP contribution is 2.27. The largest absolute Gasteiger partial charge is 0.382 e. The molecule has 1 aromatic carbocycles. The average molecular weight is 270 g/mol. The van der Waals surface area contributed by atoms with E-state index in [1.807, 2.05) is 61.0 Å². The summed E-state index contributed by atoms with van der Waals surface area (Å²) in [6, 6.07) is 13.7. The molecule has 1 unspecified atom stereocenters. The first kappa shape index (κ1) is 12.1. The predicted molar refractivity (Wildman–Crippen MR) is 76.7 cm³/mol. The summed E-state index contributed by atoms with van der Waals surface area (Å²) in [4.78, 5) is 1.13. The fraction of sp³-hybridized carbons (Fsp3) is 0.133. The topological polar surface area (TPSA) is 38.0 Å². The van der Waals surface area contributed by atoms with Crippen LogP contribution in [0.15, 0.2) is 54.0 Å². The Hall–Kier alpha value is -1.91. The second kappa shape index (κ2) is 4.99. The van der Waals surface area contributed by atoms with Gasteiger partial charge in [-0.2, -0.15) is 5.10 Å². The summed E-state index contributed by atoms with van der Waals surface area (Å²) in [6.07, 6.45) is 1.21. The minimum absolute atomic E-state index is 0.656. The first-order chi connectivity index (χ1) is 9.25. The molecule has 0 fully saturated rings. The Labute approximate surface area is 115 Å². The zero-order valence-corrected chi connectivity index (χ0v) is 11.3. The summed E-state index contributed by atoms with van der Waals surface area (Å²) in [5.74, 6) is 0. The van der Waals surface area contributed by atoms with Gasteiger partial charge in [-0.15, -0.1) is 11.3 Å². The van der Waals surface area contributed by atoms with Crippen molar-refractivity contribution < 1.29 is 5.11 Å². The SMILES string of the molecule is Cc1sccc1C(O)c1ccn(-c2ccccc2)n1. The van der Waals surface area contributed by atoms with Gasteiger partial charge in [0.05, 0.1) is 11.4 Å². The molecule has 0 aliphatic heterocycles. The molecule has 0 saturated heterocycles. The van der Waals surface area contributed by atoms with Crippen LogP contribution in [0.4, 0.5) is 0 Å². The average Bonchev–Trinajstić information content (AvgIpc) is 3.08. The van der Waals surface area contributed by atoms with E-state index in [2.05, 4.69) is 5.10 Å². The number of aryl methyl sites for hydroxylation is 1. The smallest absolute Gasteiger partial charge is 0.124 e. The second-order valence-corrected chi connectivity index (χ2v) is 5.48. The normalized spacial score (nSPS) is 12.5. The minimum atomic E-state index is -0.656. The standard InChI is InChI=1S/C15H14N2OS/c1-11-13(8-10-19-11)15(18)14-7-9-17(16-14)12-5-3-2-4-6-12/h2-10,15,18H,1H3. The quantitative estimate of drug-likeness (QED) is 0.792. The van der Waals surface area contributed by atoms with Crippen molar-refractivity contribution in [3.05, 3.63) is 70.2 Å². The van der Waals surface area contributed by atoms with Crippen LogP contribution in [0.3, 0.4) is 0 Å². The number of nitrogens with zero attached hydrogens (tertiary/aromatic N) is 2. The van der Waals surface area contributed by atoms with E-state index in [-0.39, 0.29) is 0 Å². The molecule has 1 atom stereocenters. The summed E-state index contributed by atoms with van der Waals surface area (Å²) >= 11 is 1.64. The van der Waals surface area contributed by atoms with Gasteiger partial charge in [-0.05, 0) is 36.6 Å². The molecule has 0 spiro atoms. The number of aliphatic hydroxyl groups is 1. The van der Waals surface area contributed by atoms with Crippen molar-refractivity contribution in [2.45, 2.75) is 13.0 Å². The molecule has 0 amide bonds. The highest BCUT2D eigenvalue weighted by atomic mass is 32.1. The molecule has 0 aliphatic rings. The maximum atomic E-state index is 10.4. The molecule has 19 heavy (non-hydrogen) atoms. The van der Waals surface area contributed by atoms with Crippen molar-refractivity contribution in [3.63, 3.8) is 0 Å². The molecule has 3 aromatic rings. The lowest BCUT2D eigenvalue weighted by molar-refractivity contribution is 0.214. The predicted octanol–water partition coefficient (Wildman–Crippen LogP) is 3.32. The molecule has 2 heterocycles. The van der Waals surface area contributed by atoms with Crippen LogP contribution in [-0.4, -0.2) is 14.9 Å². The zero-order chi connectivity index (χ0) is 13.2. The molecule has 96 valence electrons. The van der Waals surface area contributed by atoms with Crippen LogP contribution in [0.2, 0.25) is 0 Å². The van der Waals surface area contributed by atoms with Crippen LogP contribution in [0.5, 0.6) is 0 Å². The summed E-state index contributed by atoms with van der Waals surface area (Å²) in [6.45, 7) is 2.01. The molecule has 0 radical (unpaired) electrons. The highest BCUT2D eigenvalue weighted by molar-refractivity contribution is 7.10. The van der Waals surface area contributed by atoms with Gasteiger partial charge in [0, 0.05) is 16.6 Å². The van der Waals surface area contributed by atoms with Crippen molar-refractivity contribution in [3.8, 4) is 5.69 Å².